The quantitative estimate of drug-likeness (QED) is 0.909. The lowest BCUT2D eigenvalue weighted by Gasteiger charge is -2.38. The van der Waals surface area contributed by atoms with Crippen LogP contribution in [0.5, 0.6) is 0 Å². The molecule has 0 bridgehead atoms. The Labute approximate surface area is 127 Å². The maximum absolute atomic E-state index is 12.7. The molecule has 2 rings (SSSR count). The van der Waals surface area contributed by atoms with E-state index >= 15 is 0 Å². The molecule has 1 unspecified atom stereocenters. The first-order valence-electron chi connectivity index (χ1n) is 6.76. The molecule has 1 aliphatic heterocycles. The van der Waals surface area contributed by atoms with Crippen LogP contribution in [0.1, 0.15) is 31.1 Å². The highest BCUT2D eigenvalue weighted by atomic mass is 79.9. The summed E-state index contributed by atoms with van der Waals surface area (Å²) >= 11 is 5.15. The molecule has 0 spiro atoms. The van der Waals surface area contributed by atoms with Gasteiger partial charge in [-0.1, -0.05) is 6.92 Å². The Morgan fingerprint density at radius 3 is 2.95 bits per heavy atom. The minimum Gasteiger partial charge on any atom is -0.340 e. The van der Waals surface area contributed by atoms with E-state index in [9.17, 15) is 4.79 Å². The molecule has 1 aromatic rings. The average Bonchev–Trinajstić information content (AvgIpc) is 2.84. The predicted octanol–water partition coefficient (Wildman–Crippen LogP) is 3.25. The van der Waals surface area contributed by atoms with Crippen LogP contribution in [-0.2, 0) is 11.3 Å². The van der Waals surface area contributed by atoms with Gasteiger partial charge in [-0.15, -0.1) is 11.3 Å². The number of nitrogens with one attached hydrogen (secondary N) is 1. The Morgan fingerprint density at radius 2 is 2.42 bits per heavy atom. The number of amides is 1. The number of rotatable bonds is 4. The molecule has 5 heteroatoms. The molecule has 1 aliphatic rings. The smallest absolute Gasteiger partial charge is 0.230 e. The highest BCUT2D eigenvalue weighted by Crippen LogP contribution is 2.33. The van der Waals surface area contributed by atoms with Gasteiger partial charge in [0.05, 0.1) is 12.0 Å². The van der Waals surface area contributed by atoms with Gasteiger partial charge in [0.15, 0.2) is 0 Å². The van der Waals surface area contributed by atoms with Gasteiger partial charge in [0, 0.05) is 28.3 Å². The van der Waals surface area contributed by atoms with E-state index in [1.165, 1.54) is 4.88 Å². The molecular weight excluding hydrogens is 324 g/mol. The molecule has 1 saturated heterocycles. The molecule has 1 aromatic heterocycles. The summed E-state index contributed by atoms with van der Waals surface area (Å²) in [6, 6.07) is 2.09. The second-order valence-electron chi connectivity index (χ2n) is 5.31. The fourth-order valence-electron chi connectivity index (χ4n) is 2.75. The molecule has 1 amide bonds. The first kappa shape index (κ1) is 15.0. The van der Waals surface area contributed by atoms with Crippen LogP contribution in [0.2, 0.25) is 0 Å². The Bertz CT molecular complexity index is 440. The molecule has 19 heavy (non-hydrogen) atoms. The predicted molar refractivity (Wildman–Crippen MR) is 83.3 cm³/mol. The summed E-state index contributed by atoms with van der Waals surface area (Å²) in [7, 11) is 1.92. The highest BCUT2D eigenvalue weighted by Gasteiger charge is 2.39. The number of thiophene rings is 1. The molecule has 0 saturated carbocycles. The summed E-state index contributed by atoms with van der Waals surface area (Å²) in [6.45, 7) is 4.69. The Kier molecular flexibility index (Phi) is 5.03. The lowest BCUT2D eigenvalue weighted by atomic mass is 9.77. The van der Waals surface area contributed by atoms with Crippen molar-refractivity contribution in [1.29, 1.82) is 0 Å². The molecular formula is C14H21BrN2OS. The monoisotopic (exact) mass is 344 g/mol. The Hall–Kier alpha value is -0.390. The van der Waals surface area contributed by atoms with Gasteiger partial charge in [-0.05, 0) is 47.8 Å². The molecule has 1 N–H and O–H groups in total. The minimum atomic E-state index is -0.193. The van der Waals surface area contributed by atoms with Gasteiger partial charge in [0.1, 0.15) is 0 Å². The Morgan fingerprint density at radius 1 is 1.63 bits per heavy atom. The molecule has 0 aromatic carbocycles. The van der Waals surface area contributed by atoms with Gasteiger partial charge in [0.25, 0.3) is 0 Å². The summed E-state index contributed by atoms with van der Waals surface area (Å²) in [5, 5.41) is 5.44. The second kappa shape index (κ2) is 6.37. The zero-order chi connectivity index (χ0) is 13.9. The van der Waals surface area contributed by atoms with Crippen molar-refractivity contribution in [2.24, 2.45) is 5.41 Å². The fraction of sp³-hybridized carbons (Fsp3) is 0.643. The number of halogens is 1. The van der Waals surface area contributed by atoms with Crippen LogP contribution in [0.3, 0.4) is 0 Å². The van der Waals surface area contributed by atoms with Crippen LogP contribution in [0.15, 0.2) is 15.9 Å². The lowest BCUT2D eigenvalue weighted by molar-refractivity contribution is -0.142. The van der Waals surface area contributed by atoms with E-state index in [1.807, 2.05) is 11.9 Å². The summed E-state index contributed by atoms with van der Waals surface area (Å²) in [4.78, 5) is 15.8. The fourth-order valence-corrected chi connectivity index (χ4v) is 4.25. The van der Waals surface area contributed by atoms with Gasteiger partial charge in [-0.3, -0.25) is 4.79 Å². The molecule has 1 atom stereocenters. The Balaban J connectivity index is 2.04. The molecule has 0 aliphatic carbocycles. The topological polar surface area (TPSA) is 32.3 Å². The van der Waals surface area contributed by atoms with E-state index in [4.69, 9.17) is 0 Å². The molecule has 106 valence electrons. The van der Waals surface area contributed by atoms with E-state index in [2.05, 4.69) is 39.6 Å². The third-order valence-electron chi connectivity index (χ3n) is 3.96. The summed E-state index contributed by atoms with van der Waals surface area (Å²) in [6.07, 6.45) is 3.02. The zero-order valence-electron chi connectivity index (χ0n) is 11.5. The summed E-state index contributed by atoms with van der Waals surface area (Å²) in [5.41, 5.74) is -0.193. The standard InChI is InChI=1S/C14H21BrN2OS/c1-3-14(5-4-6-16-10-14)13(18)17(2)8-12-7-11(15)9-19-12/h7,9,16H,3-6,8,10H2,1-2H3. The number of carbonyl (C=O) groups is 1. The van der Waals surface area contributed by atoms with Crippen molar-refractivity contribution in [2.45, 2.75) is 32.7 Å². The normalized spacial score (nSPS) is 23.3. The lowest BCUT2D eigenvalue weighted by Crippen LogP contribution is -2.50. The zero-order valence-corrected chi connectivity index (χ0v) is 13.9. The van der Waals surface area contributed by atoms with Crippen LogP contribution in [-0.4, -0.2) is 30.9 Å². The van der Waals surface area contributed by atoms with Gasteiger partial charge in [-0.2, -0.15) is 0 Å². The van der Waals surface area contributed by atoms with Crippen LogP contribution >= 0.6 is 27.3 Å². The number of nitrogens with zero attached hydrogens (tertiary/aromatic N) is 1. The van der Waals surface area contributed by atoms with Crippen molar-refractivity contribution in [3.8, 4) is 0 Å². The van der Waals surface area contributed by atoms with Crippen LogP contribution < -0.4 is 5.32 Å². The molecule has 1 fully saturated rings. The molecule has 3 nitrogen and oxygen atoms in total. The maximum Gasteiger partial charge on any atom is 0.230 e. The van der Waals surface area contributed by atoms with Crippen molar-refractivity contribution in [1.82, 2.24) is 10.2 Å². The number of hydrogen-bond acceptors (Lipinski definition) is 3. The van der Waals surface area contributed by atoms with Crippen LogP contribution in [0, 0.1) is 5.41 Å². The number of carbonyl (C=O) groups excluding carboxylic acids is 1. The van der Waals surface area contributed by atoms with Crippen molar-refractivity contribution < 1.29 is 4.79 Å². The van der Waals surface area contributed by atoms with Crippen LogP contribution in [0.25, 0.3) is 0 Å². The van der Waals surface area contributed by atoms with E-state index in [1.54, 1.807) is 11.3 Å². The number of piperidine rings is 1. The summed E-state index contributed by atoms with van der Waals surface area (Å²) < 4.78 is 1.10. The first-order valence-corrected chi connectivity index (χ1v) is 8.44. The third kappa shape index (κ3) is 3.38. The van der Waals surface area contributed by atoms with Crippen molar-refractivity contribution in [3.63, 3.8) is 0 Å². The summed E-state index contributed by atoms with van der Waals surface area (Å²) in [5.74, 6) is 0.284. The van der Waals surface area contributed by atoms with Crippen molar-refractivity contribution >= 4 is 33.2 Å². The van der Waals surface area contributed by atoms with Gasteiger partial charge in [-0.25, -0.2) is 0 Å². The SMILES string of the molecule is CCC1(C(=O)N(C)Cc2cc(Br)cs2)CCCNC1. The van der Waals surface area contributed by atoms with Crippen molar-refractivity contribution in [3.05, 3.63) is 20.8 Å². The second-order valence-corrected chi connectivity index (χ2v) is 7.22. The number of hydrogen-bond donors (Lipinski definition) is 1. The minimum absolute atomic E-state index is 0.193. The van der Waals surface area contributed by atoms with Gasteiger partial charge < -0.3 is 10.2 Å². The van der Waals surface area contributed by atoms with Crippen molar-refractivity contribution in [2.75, 3.05) is 20.1 Å². The van der Waals surface area contributed by atoms with Crippen LogP contribution in [0.4, 0.5) is 0 Å². The largest absolute Gasteiger partial charge is 0.340 e. The maximum atomic E-state index is 12.7. The molecule has 0 radical (unpaired) electrons. The van der Waals surface area contributed by atoms with Gasteiger partial charge >= 0.3 is 0 Å². The van der Waals surface area contributed by atoms with E-state index in [0.29, 0.717) is 6.54 Å². The highest BCUT2D eigenvalue weighted by molar-refractivity contribution is 9.10. The average molecular weight is 345 g/mol. The van der Waals surface area contributed by atoms with Gasteiger partial charge in [0.2, 0.25) is 5.91 Å². The van der Waals surface area contributed by atoms with E-state index < -0.39 is 0 Å². The first-order chi connectivity index (χ1) is 9.07. The third-order valence-corrected chi connectivity index (χ3v) is 5.65. The molecule has 2 heterocycles. The van der Waals surface area contributed by atoms with E-state index in [-0.39, 0.29) is 11.3 Å². The van der Waals surface area contributed by atoms with E-state index in [0.717, 1.165) is 36.8 Å².